The van der Waals surface area contributed by atoms with Gasteiger partial charge in [-0.25, -0.2) is 9.97 Å². The van der Waals surface area contributed by atoms with Crippen LogP contribution in [0.15, 0.2) is 36.4 Å². The van der Waals surface area contributed by atoms with Crippen LogP contribution in [0.3, 0.4) is 0 Å². The van der Waals surface area contributed by atoms with Crippen molar-refractivity contribution in [3.63, 3.8) is 0 Å². The lowest BCUT2D eigenvalue weighted by atomic mass is 10.1. The highest BCUT2D eigenvalue weighted by Crippen LogP contribution is 2.19. The van der Waals surface area contributed by atoms with E-state index in [-0.39, 0.29) is 0 Å². The fourth-order valence-corrected chi connectivity index (χ4v) is 1.81. The van der Waals surface area contributed by atoms with E-state index in [1.165, 1.54) is 0 Å². The van der Waals surface area contributed by atoms with Crippen LogP contribution in [0.1, 0.15) is 0 Å². The van der Waals surface area contributed by atoms with Gasteiger partial charge < -0.3 is 5.32 Å². The van der Waals surface area contributed by atoms with Crippen LogP contribution in [-0.4, -0.2) is 17.0 Å². The number of anilines is 1. The van der Waals surface area contributed by atoms with E-state index in [0.717, 1.165) is 15.0 Å². The van der Waals surface area contributed by atoms with Crippen LogP contribution >= 0.6 is 22.6 Å². The van der Waals surface area contributed by atoms with E-state index in [1.54, 1.807) is 0 Å². The molecule has 0 bridgehead atoms. The Morgan fingerprint density at radius 1 is 1.13 bits per heavy atom. The van der Waals surface area contributed by atoms with Gasteiger partial charge in [0.2, 0.25) is 5.95 Å². The van der Waals surface area contributed by atoms with Crippen molar-refractivity contribution in [2.75, 3.05) is 12.4 Å². The molecule has 0 atom stereocenters. The number of hydrogen-bond acceptors (Lipinski definition) is 3. The third kappa shape index (κ3) is 2.44. The third-order valence-electron chi connectivity index (χ3n) is 1.99. The third-order valence-corrected chi connectivity index (χ3v) is 2.54. The minimum atomic E-state index is 0.653. The molecule has 15 heavy (non-hydrogen) atoms. The standard InChI is InChI=1S/C11H10IN3/c1-13-11-14-9(7-10(12)15-11)8-5-3-2-4-6-8/h2-7H,1H3,(H,13,14,15). The highest BCUT2D eigenvalue weighted by molar-refractivity contribution is 14.1. The summed E-state index contributed by atoms with van der Waals surface area (Å²) in [5.74, 6) is 0.653. The molecule has 0 saturated carbocycles. The fourth-order valence-electron chi connectivity index (χ4n) is 1.29. The second-order valence-corrected chi connectivity index (χ2v) is 4.12. The van der Waals surface area contributed by atoms with Crippen LogP contribution in [0, 0.1) is 3.70 Å². The number of nitrogens with zero attached hydrogens (tertiary/aromatic N) is 2. The summed E-state index contributed by atoms with van der Waals surface area (Å²) in [5.41, 5.74) is 2.05. The Kier molecular flexibility index (Phi) is 3.15. The minimum absolute atomic E-state index is 0.653. The van der Waals surface area contributed by atoms with E-state index in [9.17, 15) is 0 Å². The number of rotatable bonds is 2. The second-order valence-electron chi connectivity index (χ2n) is 3.02. The van der Waals surface area contributed by atoms with Gasteiger partial charge in [0.1, 0.15) is 3.70 Å². The van der Waals surface area contributed by atoms with Crippen LogP contribution in [0.25, 0.3) is 11.3 Å². The van der Waals surface area contributed by atoms with Crippen LogP contribution in [-0.2, 0) is 0 Å². The molecule has 4 heteroatoms. The molecule has 2 rings (SSSR count). The SMILES string of the molecule is CNc1nc(I)cc(-c2ccccc2)n1. The van der Waals surface area contributed by atoms with E-state index < -0.39 is 0 Å². The van der Waals surface area contributed by atoms with Crippen molar-refractivity contribution in [1.82, 2.24) is 9.97 Å². The molecule has 0 spiro atoms. The summed E-state index contributed by atoms with van der Waals surface area (Å²) in [6.45, 7) is 0. The van der Waals surface area contributed by atoms with Gasteiger partial charge in [0, 0.05) is 12.6 Å². The van der Waals surface area contributed by atoms with E-state index >= 15 is 0 Å². The van der Waals surface area contributed by atoms with E-state index in [2.05, 4.69) is 37.9 Å². The summed E-state index contributed by atoms with van der Waals surface area (Å²) < 4.78 is 0.936. The van der Waals surface area contributed by atoms with Crippen molar-refractivity contribution in [3.8, 4) is 11.3 Å². The maximum atomic E-state index is 4.40. The molecule has 0 aliphatic rings. The maximum Gasteiger partial charge on any atom is 0.223 e. The lowest BCUT2D eigenvalue weighted by Crippen LogP contribution is -1.99. The molecule has 76 valence electrons. The molecular formula is C11H10IN3. The number of hydrogen-bond donors (Lipinski definition) is 1. The van der Waals surface area contributed by atoms with Gasteiger partial charge in [0.15, 0.2) is 0 Å². The van der Waals surface area contributed by atoms with Gasteiger partial charge in [-0.2, -0.15) is 0 Å². The van der Waals surface area contributed by atoms with Crippen molar-refractivity contribution in [3.05, 3.63) is 40.1 Å². The lowest BCUT2D eigenvalue weighted by Gasteiger charge is -2.04. The Morgan fingerprint density at radius 3 is 2.53 bits per heavy atom. The predicted molar refractivity (Wildman–Crippen MR) is 69.7 cm³/mol. The van der Waals surface area contributed by atoms with Crippen molar-refractivity contribution in [2.24, 2.45) is 0 Å². The van der Waals surface area contributed by atoms with Gasteiger partial charge in [0.05, 0.1) is 5.69 Å². The van der Waals surface area contributed by atoms with Crippen LogP contribution in [0.2, 0.25) is 0 Å². The van der Waals surface area contributed by atoms with Gasteiger partial charge in [0.25, 0.3) is 0 Å². The number of benzene rings is 1. The van der Waals surface area contributed by atoms with Gasteiger partial charge >= 0.3 is 0 Å². The fraction of sp³-hybridized carbons (Fsp3) is 0.0909. The van der Waals surface area contributed by atoms with Crippen molar-refractivity contribution >= 4 is 28.5 Å². The molecule has 1 aromatic heterocycles. The number of aromatic nitrogens is 2. The monoisotopic (exact) mass is 311 g/mol. The first-order valence-electron chi connectivity index (χ1n) is 4.57. The van der Waals surface area contributed by atoms with E-state index in [1.807, 2.05) is 43.4 Å². The molecule has 0 unspecified atom stereocenters. The summed E-state index contributed by atoms with van der Waals surface area (Å²) >= 11 is 2.19. The summed E-state index contributed by atoms with van der Waals surface area (Å²) in [7, 11) is 1.82. The molecule has 0 fully saturated rings. The first kappa shape index (κ1) is 10.4. The molecule has 1 aromatic carbocycles. The Morgan fingerprint density at radius 2 is 1.87 bits per heavy atom. The summed E-state index contributed by atoms with van der Waals surface area (Å²) in [5, 5.41) is 2.95. The molecule has 0 aliphatic carbocycles. The molecule has 1 N–H and O–H groups in total. The van der Waals surface area contributed by atoms with Gasteiger partial charge in [-0.15, -0.1) is 0 Å². The average Bonchev–Trinajstić information content (AvgIpc) is 2.29. The summed E-state index contributed by atoms with van der Waals surface area (Å²) in [4.78, 5) is 8.64. The zero-order chi connectivity index (χ0) is 10.7. The first-order valence-corrected chi connectivity index (χ1v) is 5.65. The molecule has 0 radical (unpaired) electrons. The molecule has 1 heterocycles. The highest BCUT2D eigenvalue weighted by atomic mass is 127. The zero-order valence-electron chi connectivity index (χ0n) is 8.24. The van der Waals surface area contributed by atoms with Crippen LogP contribution in [0.4, 0.5) is 5.95 Å². The van der Waals surface area contributed by atoms with Crippen molar-refractivity contribution in [1.29, 1.82) is 0 Å². The Bertz CT molecular complexity index is 457. The normalized spacial score (nSPS) is 10.0. The zero-order valence-corrected chi connectivity index (χ0v) is 10.4. The molecule has 0 amide bonds. The maximum absolute atomic E-state index is 4.40. The van der Waals surface area contributed by atoms with Crippen molar-refractivity contribution < 1.29 is 0 Å². The smallest absolute Gasteiger partial charge is 0.223 e. The molecule has 3 nitrogen and oxygen atoms in total. The number of nitrogens with one attached hydrogen (secondary N) is 1. The Balaban J connectivity index is 2.49. The van der Waals surface area contributed by atoms with Crippen molar-refractivity contribution in [2.45, 2.75) is 0 Å². The van der Waals surface area contributed by atoms with Crippen LogP contribution < -0.4 is 5.32 Å². The number of halogens is 1. The van der Waals surface area contributed by atoms with Gasteiger partial charge in [-0.3, -0.25) is 0 Å². The molecule has 0 aliphatic heterocycles. The Labute approximate surface area is 102 Å². The summed E-state index contributed by atoms with van der Waals surface area (Å²) in [6.07, 6.45) is 0. The minimum Gasteiger partial charge on any atom is -0.357 e. The molecule has 0 saturated heterocycles. The molecular weight excluding hydrogens is 301 g/mol. The molecule has 2 aromatic rings. The largest absolute Gasteiger partial charge is 0.357 e. The highest BCUT2D eigenvalue weighted by Gasteiger charge is 2.03. The first-order chi connectivity index (χ1) is 7.29. The van der Waals surface area contributed by atoms with Gasteiger partial charge in [-0.05, 0) is 28.7 Å². The lowest BCUT2D eigenvalue weighted by molar-refractivity contribution is 1.13. The van der Waals surface area contributed by atoms with Gasteiger partial charge in [-0.1, -0.05) is 30.3 Å². The second kappa shape index (κ2) is 4.57. The Hall–Kier alpha value is -1.17. The van der Waals surface area contributed by atoms with Crippen LogP contribution in [0.5, 0.6) is 0 Å². The van der Waals surface area contributed by atoms with E-state index in [4.69, 9.17) is 0 Å². The average molecular weight is 311 g/mol. The summed E-state index contributed by atoms with van der Waals surface area (Å²) in [6, 6.07) is 12.0. The topological polar surface area (TPSA) is 37.8 Å². The quantitative estimate of drug-likeness (QED) is 0.684. The van der Waals surface area contributed by atoms with E-state index in [0.29, 0.717) is 5.95 Å². The predicted octanol–water partition coefficient (Wildman–Crippen LogP) is 2.79.